The van der Waals surface area contributed by atoms with E-state index in [1.165, 1.54) is 47.9 Å². The molecule has 1 saturated carbocycles. The first-order chi connectivity index (χ1) is 12.4. The van der Waals surface area contributed by atoms with Gasteiger partial charge in [-0.15, -0.1) is 0 Å². The maximum atomic E-state index is 6.49. The predicted molar refractivity (Wildman–Crippen MR) is 110 cm³/mol. The molecule has 0 aromatic heterocycles. The highest BCUT2D eigenvalue weighted by atomic mass is 14.6. The van der Waals surface area contributed by atoms with Crippen LogP contribution in [0.15, 0.2) is 12.1 Å². The van der Waals surface area contributed by atoms with Crippen LogP contribution in [-0.4, -0.2) is 0 Å². The zero-order valence-corrected chi connectivity index (χ0v) is 16.4. The minimum absolute atomic E-state index is 0.487. The summed E-state index contributed by atoms with van der Waals surface area (Å²) < 4.78 is 0. The summed E-state index contributed by atoms with van der Waals surface area (Å²) in [5.74, 6) is 2.57. The van der Waals surface area contributed by atoms with E-state index in [0.717, 1.165) is 23.2 Å². The molecule has 0 aliphatic heterocycles. The smallest absolute Gasteiger partial charge is 0.0376 e. The third-order valence-electron chi connectivity index (χ3n) is 7.86. The Kier molecular flexibility index (Phi) is 3.30. The van der Waals surface area contributed by atoms with Crippen LogP contribution in [0.5, 0.6) is 0 Å². The van der Waals surface area contributed by atoms with Gasteiger partial charge in [0.2, 0.25) is 0 Å². The number of nitrogens with two attached hydrogens (primary N) is 2. The maximum absolute atomic E-state index is 6.49. The Balaban J connectivity index is 1.88. The molecule has 2 aromatic carbocycles. The minimum Gasteiger partial charge on any atom is -0.398 e. The van der Waals surface area contributed by atoms with Gasteiger partial charge in [-0.2, -0.15) is 0 Å². The standard InChI is InChI=1S/C24H30N2/c1-11-9-17-19(13(3)23(11)25)22-16-8-6-5-7-15(16)21(17)18-10-12(2)24(26)14(4)20(18)22/h9-10,15-16,21-22H,5-8,25-26H2,1-4H3. The average molecular weight is 347 g/mol. The van der Waals surface area contributed by atoms with Crippen LogP contribution in [0.3, 0.4) is 0 Å². The second kappa shape index (κ2) is 5.28. The van der Waals surface area contributed by atoms with Gasteiger partial charge in [-0.25, -0.2) is 0 Å². The first-order valence-electron chi connectivity index (χ1n) is 10.2. The molecule has 0 amide bonds. The number of anilines is 2. The highest BCUT2D eigenvalue weighted by molar-refractivity contribution is 5.71. The van der Waals surface area contributed by atoms with Crippen LogP contribution in [0.1, 0.15) is 82.0 Å². The van der Waals surface area contributed by atoms with Crippen LogP contribution in [0.2, 0.25) is 0 Å². The van der Waals surface area contributed by atoms with Crippen molar-refractivity contribution in [2.24, 2.45) is 11.8 Å². The van der Waals surface area contributed by atoms with Crippen molar-refractivity contribution < 1.29 is 0 Å². The van der Waals surface area contributed by atoms with Gasteiger partial charge in [0.05, 0.1) is 0 Å². The lowest BCUT2D eigenvalue weighted by atomic mass is 9.49. The molecule has 2 unspecified atom stereocenters. The van der Waals surface area contributed by atoms with E-state index >= 15 is 0 Å². The molecule has 2 nitrogen and oxygen atoms in total. The zero-order valence-electron chi connectivity index (χ0n) is 16.4. The van der Waals surface area contributed by atoms with Gasteiger partial charge in [-0.05, 0) is 96.9 Å². The first-order valence-corrected chi connectivity index (χ1v) is 10.2. The summed E-state index contributed by atoms with van der Waals surface area (Å²) in [7, 11) is 0. The predicted octanol–water partition coefficient (Wildman–Crippen LogP) is 5.48. The highest BCUT2D eigenvalue weighted by Gasteiger charge is 2.51. The van der Waals surface area contributed by atoms with Gasteiger partial charge in [0.15, 0.2) is 0 Å². The molecule has 0 radical (unpaired) electrons. The average Bonchev–Trinajstić information content (AvgIpc) is 2.63. The first kappa shape index (κ1) is 16.2. The van der Waals surface area contributed by atoms with Gasteiger partial charge in [0.25, 0.3) is 0 Å². The quantitative estimate of drug-likeness (QED) is 0.620. The van der Waals surface area contributed by atoms with E-state index in [0.29, 0.717) is 11.8 Å². The van der Waals surface area contributed by atoms with Gasteiger partial charge in [-0.3, -0.25) is 0 Å². The number of nitrogen functional groups attached to an aromatic ring is 2. The second-order valence-corrected chi connectivity index (χ2v) is 9.04. The Morgan fingerprint density at radius 3 is 1.58 bits per heavy atom. The largest absolute Gasteiger partial charge is 0.398 e. The van der Waals surface area contributed by atoms with Crippen LogP contribution >= 0.6 is 0 Å². The molecule has 2 bridgehead atoms. The van der Waals surface area contributed by atoms with Crippen LogP contribution in [-0.2, 0) is 0 Å². The second-order valence-electron chi connectivity index (χ2n) is 9.04. The molecule has 1 fully saturated rings. The van der Waals surface area contributed by atoms with Crippen molar-refractivity contribution in [1.29, 1.82) is 0 Å². The summed E-state index contributed by atoms with van der Waals surface area (Å²) in [5.41, 5.74) is 26.3. The lowest BCUT2D eigenvalue weighted by Crippen LogP contribution is -2.42. The molecule has 6 rings (SSSR count). The zero-order chi connectivity index (χ0) is 18.3. The molecule has 136 valence electrons. The summed E-state index contributed by atoms with van der Waals surface area (Å²) in [6.07, 6.45) is 5.48. The minimum atomic E-state index is 0.487. The lowest BCUT2D eigenvalue weighted by molar-refractivity contribution is 0.162. The van der Waals surface area contributed by atoms with E-state index in [4.69, 9.17) is 11.5 Å². The fraction of sp³-hybridized carbons (Fsp3) is 0.500. The molecule has 0 saturated heterocycles. The van der Waals surface area contributed by atoms with Crippen molar-refractivity contribution in [3.05, 3.63) is 56.6 Å². The van der Waals surface area contributed by atoms with Gasteiger partial charge in [-0.1, -0.05) is 25.0 Å². The SMILES string of the molecule is Cc1cc2c(c(C)c1N)C1c3c(cc(C)c(N)c3C)C2C2CCCCC12. The van der Waals surface area contributed by atoms with E-state index in [1.807, 2.05) is 0 Å². The monoisotopic (exact) mass is 346 g/mol. The van der Waals surface area contributed by atoms with Crippen LogP contribution in [0.25, 0.3) is 0 Å². The van der Waals surface area contributed by atoms with Crippen LogP contribution in [0.4, 0.5) is 11.4 Å². The Hall–Kier alpha value is -1.96. The molecule has 4 N–H and O–H groups in total. The highest BCUT2D eigenvalue weighted by Crippen LogP contribution is 2.64. The van der Waals surface area contributed by atoms with Gasteiger partial charge in [0, 0.05) is 23.2 Å². The van der Waals surface area contributed by atoms with E-state index in [1.54, 1.807) is 22.3 Å². The summed E-state index contributed by atoms with van der Waals surface area (Å²) in [5, 5.41) is 0. The molecule has 2 atom stereocenters. The van der Waals surface area contributed by atoms with Crippen LogP contribution < -0.4 is 11.5 Å². The maximum Gasteiger partial charge on any atom is 0.0376 e. The molecule has 0 spiro atoms. The number of benzene rings is 2. The van der Waals surface area contributed by atoms with Gasteiger partial charge in [0.1, 0.15) is 0 Å². The fourth-order valence-corrected chi connectivity index (χ4v) is 6.65. The number of aryl methyl sites for hydroxylation is 2. The normalized spacial score (nSPS) is 28.5. The third-order valence-corrected chi connectivity index (χ3v) is 7.86. The van der Waals surface area contributed by atoms with Crippen molar-refractivity contribution in [3.63, 3.8) is 0 Å². The molecule has 2 aromatic rings. The summed E-state index contributed by atoms with van der Waals surface area (Å²) >= 11 is 0. The number of hydrogen-bond acceptors (Lipinski definition) is 2. The summed E-state index contributed by atoms with van der Waals surface area (Å²) in [4.78, 5) is 0. The Morgan fingerprint density at radius 1 is 0.692 bits per heavy atom. The van der Waals surface area contributed by atoms with E-state index in [9.17, 15) is 0 Å². The van der Waals surface area contributed by atoms with E-state index < -0.39 is 0 Å². The Morgan fingerprint density at radius 2 is 1.12 bits per heavy atom. The van der Waals surface area contributed by atoms with Gasteiger partial charge < -0.3 is 11.5 Å². The molecule has 0 heterocycles. The van der Waals surface area contributed by atoms with Crippen LogP contribution in [0, 0.1) is 39.5 Å². The van der Waals surface area contributed by atoms with Crippen molar-refractivity contribution in [2.45, 2.75) is 65.2 Å². The topological polar surface area (TPSA) is 52.0 Å². The lowest BCUT2D eigenvalue weighted by Gasteiger charge is -2.54. The van der Waals surface area contributed by atoms with Crippen molar-refractivity contribution in [2.75, 3.05) is 11.5 Å². The number of hydrogen-bond donors (Lipinski definition) is 2. The number of rotatable bonds is 0. The van der Waals surface area contributed by atoms with Gasteiger partial charge >= 0.3 is 0 Å². The molecular formula is C24H30N2. The Bertz CT molecular complexity index is 875. The fourth-order valence-electron chi connectivity index (χ4n) is 6.65. The molecule has 26 heavy (non-hydrogen) atoms. The summed E-state index contributed by atoms with van der Waals surface area (Å²) in [6.45, 7) is 8.83. The Labute approximate surface area is 157 Å². The third kappa shape index (κ3) is 1.83. The van der Waals surface area contributed by atoms with E-state index in [-0.39, 0.29) is 0 Å². The molecular weight excluding hydrogens is 316 g/mol. The van der Waals surface area contributed by atoms with Crippen molar-refractivity contribution >= 4 is 11.4 Å². The van der Waals surface area contributed by atoms with E-state index in [2.05, 4.69) is 39.8 Å². The summed E-state index contributed by atoms with van der Waals surface area (Å²) in [6, 6.07) is 4.81. The molecule has 4 aliphatic carbocycles. The van der Waals surface area contributed by atoms with Crippen molar-refractivity contribution in [1.82, 2.24) is 0 Å². The molecule has 2 heteroatoms. The molecule has 4 aliphatic rings. The van der Waals surface area contributed by atoms with Crippen molar-refractivity contribution in [3.8, 4) is 0 Å².